The fourth-order valence-corrected chi connectivity index (χ4v) is 3.26. The molecule has 1 rings (SSSR count). The lowest BCUT2D eigenvalue weighted by molar-refractivity contribution is -0.129. The van der Waals surface area contributed by atoms with Gasteiger partial charge >= 0.3 is 0 Å². The Hall–Kier alpha value is -1.92. The lowest BCUT2D eigenvalue weighted by atomic mass is 10.0. The summed E-state index contributed by atoms with van der Waals surface area (Å²) < 4.78 is 0. The molecule has 3 N–H and O–H groups in total. The Kier molecular flexibility index (Phi) is 13.0. The van der Waals surface area contributed by atoms with E-state index in [-0.39, 0.29) is 11.9 Å². The Morgan fingerprint density at radius 3 is 2.57 bits per heavy atom. The van der Waals surface area contributed by atoms with Gasteiger partial charge in [-0.1, -0.05) is 54.6 Å². The average molecular weight is 451 g/mol. The molecule has 0 saturated heterocycles. The Morgan fingerprint density at radius 1 is 1.30 bits per heavy atom. The van der Waals surface area contributed by atoms with E-state index >= 15 is 0 Å². The highest BCUT2D eigenvalue weighted by molar-refractivity contribution is 6.30. The highest BCUT2D eigenvalue weighted by atomic mass is 35.5. The maximum Gasteiger partial charge on any atom is 0.220 e. The first-order valence-electron chi connectivity index (χ1n) is 10.0. The van der Waals surface area contributed by atoms with Crippen molar-refractivity contribution in [2.24, 2.45) is 0 Å². The van der Waals surface area contributed by atoms with Gasteiger partial charge in [0, 0.05) is 44.1 Å². The van der Waals surface area contributed by atoms with Crippen LogP contribution >= 0.6 is 23.2 Å². The fraction of sp³-hybridized carbons (Fsp3) is 0.391. The standard InChI is InChI=1S/C23H32Cl2N4O/c1-4-7-19(8-6-14-24)13-15-27-17-28-16-22(29(5-2)18(3)30)23(26)20-9-11-21(25)12-10-20/h4,6-12,22,26-28H,1,5,13-17H2,2-3H3/b8-6-,19-7+,26-23?. The maximum absolute atomic E-state index is 12.1. The third-order valence-corrected chi connectivity index (χ3v) is 4.97. The number of carbonyl (C=O) groups excluding carboxylic acids is 1. The molecule has 1 atom stereocenters. The van der Waals surface area contributed by atoms with Crippen LogP contribution in [0, 0.1) is 5.41 Å². The van der Waals surface area contributed by atoms with Crippen molar-refractivity contribution in [2.45, 2.75) is 26.3 Å². The summed E-state index contributed by atoms with van der Waals surface area (Å²) in [5, 5.41) is 15.9. The molecule has 0 spiro atoms. The summed E-state index contributed by atoms with van der Waals surface area (Å²) in [7, 11) is 0. The Morgan fingerprint density at radius 2 is 2.00 bits per heavy atom. The van der Waals surface area contributed by atoms with Gasteiger partial charge in [-0.15, -0.1) is 11.6 Å². The second-order valence-electron chi connectivity index (χ2n) is 6.66. The minimum atomic E-state index is -0.363. The van der Waals surface area contributed by atoms with Crippen LogP contribution in [0.1, 0.15) is 25.8 Å². The molecule has 30 heavy (non-hydrogen) atoms. The normalized spacial score (nSPS) is 12.7. The van der Waals surface area contributed by atoms with E-state index in [9.17, 15) is 4.79 Å². The molecular weight excluding hydrogens is 419 g/mol. The molecule has 1 unspecified atom stereocenters. The van der Waals surface area contributed by atoms with Crippen LogP contribution in [-0.4, -0.2) is 54.7 Å². The quantitative estimate of drug-likeness (QED) is 0.129. The molecule has 0 fully saturated rings. The summed E-state index contributed by atoms with van der Waals surface area (Å²) in [6.45, 7) is 9.55. The van der Waals surface area contributed by atoms with Crippen molar-refractivity contribution in [1.82, 2.24) is 15.5 Å². The van der Waals surface area contributed by atoms with Gasteiger partial charge in [0.2, 0.25) is 5.91 Å². The number of halogens is 2. The molecule has 0 aliphatic heterocycles. The van der Waals surface area contributed by atoms with E-state index < -0.39 is 0 Å². The van der Waals surface area contributed by atoms with Crippen molar-refractivity contribution in [3.63, 3.8) is 0 Å². The number of amides is 1. The molecule has 0 aliphatic carbocycles. The number of allylic oxidation sites excluding steroid dienone is 4. The average Bonchev–Trinajstić information content (AvgIpc) is 2.73. The summed E-state index contributed by atoms with van der Waals surface area (Å²) in [6.07, 6.45) is 8.48. The van der Waals surface area contributed by atoms with Crippen LogP contribution in [0.25, 0.3) is 0 Å². The van der Waals surface area contributed by atoms with E-state index in [1.807, 2.05) is 37.3 Å². The highest BCUT2D eigenvalue weighted by Gasteiger charge is 2.24. The molecule has 0 radical (unpaired) electrons. The summed E-state index contributed by atoms with van der Waals surface area (Å²) in [6, 6.07) is 6.78. The Labute approximate surface area is 190 Å². The Balaban J connectivity index is 2.64. The molecule has 1 aromatic carbocycles. The van der Waals surface area contributed by atoms with Gasteiger partial charge in [0.05, 0.1) is 11.8 Å². The van der Waals surface area contributed by atoms with Crippen molar-refractivity contribution in [3.8, 4) is 0 Å². The SMILES string of the molecule is C=C/C=C(\C=C/CCl)CCNCNCC(C(=N)c1ccc(Cl)cc1)N(CC)C(C)=O. The van der Waals surface area contributed by atoms with Crippen LogP contribution in [0.5, 0.6) is 0 Å². The van der Waals surface area contributed by atoms with E-state index in [0.29, 0.717) is 36.4 Å². The summed E-state index contributed by atoms with van der Waals surface area (Å²) in [5.41, 5.74) is 2.29. The van der Waals surface area contributed by atoms with Gasteiger partial charge in [0.25, 0.3) is 0 Å². The number of benzene rings is 1. The third-order valence-electron chi connectivity index (χ3n) is 4.54. The van der Waals surface area contributed by atoms with Crippen LogP contribution in [-0.2, 0) is 4.79 Å². The largest absolute Gasteiger partial charge is 0.333 e. The third kappa shape index (κ3) is 9.26. The number of hydrogen-bond acceptors (Lipinski definition) is 4. The molecule has 5 nitrogen and oxygen atoms in total. The number of likely N-dealkylation sites (N-methyl/N-ethyl adjacent to an activating group) is 1. The second-order valence-corrected chi connectivity index (χ2v) is 7.40. The van der Waals surface area contributed by atoms with Crippen LogP contribution in [0.4, 0.5) is 0 Å². The van der Waals surface area contributed by atoms with Crippen molar-refractivity contribution < 1.29 is 4.79 Å². The first-order valence-corrected chi connectivity index (χ1v) is 10.9. The van der Waals surface area contributed by atoms with Crippen LogP contribution in [0.2, 0.25) is 5.02 Å². The molecule has 0 heterocycles. The monoisotopic (exact) mass is 450 g/mol. The number of alkyl halides is 1. The van der Waals surface area contributed by atoms with Gasteiger partial charge in [-0.05, 0) is 36.6 Å². The number of rotatable bonds is 14. The fourth-order valence-electron chi connectivity index (χ4n) is 3.04. The minimum Gasteiger partial charge on any atom is -0.333 e. The van der Waals surface area contributed by atoms with E-state index in [2.05, 4.69) is 17.2 Å². The predicted octanol–water partition coefficient (Wildman–Crippen LogP) is 4.38. The smallest absolute Gasteiger partial charge is 0.220 e. The molecule has 0 aliphatic rings. The molecule has 1 amide bonds. The van der Waals surface area contributed by atoms with Crippen LogP contribution in [0.3, 0.4) is 0 Å². The van der Waals surface area contributed by atoms with E-state index in [1.54, 1.807) is 23.1 Å². The minimum absolute atomic E-state index is 0.0544. The van der Waals surface area contributed by atoms with Crippen molar-refractivity contribution in [1.29, 1.82) is 5.41 Å². The molecule has 0 bridgehead atoms. The van der Waals surface area contributed by atoms with Crippen molar-refractivity contribution in [3.05, 3.63) is 71.3 Å². The van der Waals surface area contributed by atoms with Gasteiger partial charge in [-0.2, -0.15) is 0 Å². The van der Waals surface area contributed by atoms with Crippen LogP contribution in [0.15, 0.2) is 60.7 Å². The molecule has 0 saturated carbocycles. The highest BCUT2D eigenvalue weighted by Crippen LogP contribution is 2.14. The topological polar surface area (TPSA) is 68.2 Å². The lowest BCUT2D eigenvalue weighted by Crippen LogP contribution is -2.50. The first kappa shape index (κ1) is 26.1. The van der Waals surface area contributed by atoms with E-state index in [0.717, 1.165) is 24.1 Å². The van der Waals surface area contributed by atoms with Gasteiger partial charge in [0.15, 0.2) is 0 Å². The van der Waals surface area contributed by atoms with Gasteiger partial charge < -0.3 is 20.9 Å². The summed E-state index contributed by atoms with van der Waals surface area (Å²) in [4.78, 5) is 13.8. The first-order chi connectivity index (χ1) is 14.4. The summed E-state index contributed by atoms with van der Waals surface area (Å²) >= 11 is 11.7. The van der Waals surface area contributed by atoms with Crippen molar-refractivity contribution in [2.75, 3.05) is 32.2 Å². The van der Waals surface area contributed by atoms with E-state index in [4.69, 9.17) is 28.6 Å². The zero-order valence-corrected chi connectivity index (χ0v) is 19.3. The van der Waals surface area contributed by atoms with E-state index in [1.165, 1.54) is 6.92 Å². The number of nitrogens with zero attached hydrogens (tertiary/aromatic N) is 1. The second kappa shape index (κ2) is 15.0. The Bertz CT molecular complexity index is 744. The zero-order chi connectivity index (χ0) is 22.4. The molecule has 1 aromatic rings. The van der Waals surface area contributed by atoms with Crippen molar-refractivity contribution >= 4 is 34.8 Å². The molecule has 0 aromatic heterocycles. The molecule has 164 valence electrons. The van der Waals surface area contributed by atoms with Crippen LogP contribution < -0.4 is 10.6 Å². The van der Waals surface area contributed by atoms with Gasteiger partial charge in [-0.3, -0.25) is 4.79 Å². The number of carbonyl (C=O) groups is 1. The van der Waals surface area contributed by atoms with Gasteiger partial charge in [-0.25, -0.2) is 0 Å². The van der Waals surface area contributed by atoms with Gasteiger partial charge in [0.1, 0.15) is 0 Å². The number of hydrogen-bond donors (Lipinski definition) is 3. The summed E-state index contributed by atoms with van der Waals surface area (Å²) in [5.74, 6) is 0.426. The number of nitrogens with one attached hydrogen (secondary N) is 3. The molecule has 7 heteroatoms. The predicted molar refractivity (Wildman–Crippen MR) is 129 cm³/mol. The zero-order valence-electron chi connectivity index (χ0n) is 17.8. The lowest BCUT2D eigenvalue weighted by Gasteiger charge is -2.31. The maximum atomic E-state index is 12.1. The molecular formula is C23H32Cl2N4O.